The van der Waals surface area contributed by atoms with Crippen LogP contribution in [0, 0.1) is 11.3 Å². The average molecular weight is 495 g/mol. The standard InChI is InChI=1S/C26H20Cl2N2O4/c1-2-13-33-21-8-3-17(4-9-21)14-19(16-29)26(32)34-22-10-5-18(6-11-22)25(31)30-24-15-20(27)7-12-23(24)28/h3-12,14-15H,2,13H2,1H3,(H,30,31)/b19-14+. The van der Waals surface area contributed by atoms with Crippen LogP contribution in [-0.4, -0.2) is 18.5 Å². The highest BCUT2D eigenvalue weighted by Gasteiger charge is 2.14. The normalized spacial score (nSPS) is 10.8. The third-order valence-electron chi connectivity index (χ3n) is 4.51. The minimum Gasteiger partial charge on any atom is -0.494 e. The summed E-state index contributed by atoms with van der Waals surface area (Å²) in [5, 5.41) is 12.8. The van der Waals surface area contributed by atoms with Gasteiger partial charge in [0, 0.05) is 10.6 Å². The lowest BCUT2D eigenvalue weighted by atomic mass is 10.1. The van der Waals surface area contributed by atoms with Gasteiger partial charge in [-0.3, -0.25) is 4.79 Å². The Morgan fingerprint density at radius 3 is 2.32 bits per heavy atom. The van der Waals surface area contributed by atoms with Gasteiger partial charge in [0.15, 0.2) is 0 Å². The summed E-state index contributed by atoms with van der Waals surface area (Å²) < 4.78 is 10.8. The van der Waals surface area contributed by atoms with Gasteiger partial charge in [0.2, 0.25) is 0 Å². The Morgan fingerprint density at radius 2 is 1.68 bits per heavy atom. The Balaban J connectivity index is 1.64. The Hall–Kier alpha value is -3.79. The van der Waals surface area contributed by atoms with Crippen molar-refractivity contribution in [1.82, 2.24) is 0 Å². The zero-order valence-corrected chi connectivity index (χ0v) is 19.7. The number of rotatable bonds is 8. The highest BCUT2D eigenvalue weighted by atomic mass is 35.5. The molecule has 0 atom stereocenters. The van der Waals surface area contributed by atoms with Gasteiger partial charge in [0.1, 0.15) is 23.1 Å². The van der Waals surface area contributed by atoms with Crippen molar-refractivity contribution in [3.8, 4) is 17.6 Å². The first kappa shape index (κ1) is 24.8. The number of benzene rings is 3. The molecule has 0 bridgehead atoms. The lowest BCUT2D eigenvalue weighted by molar-refractivity contribution is -0.129. The molecule has 8 heteroatoms. The fraction of sp³-hybridized carbons (Fsp3) is 0.115. The zero-order valence-electron chi connectivity index (χ0n) is 18.2. The Labute approximate surface area is 207 Å². The molecule has 3 rings (SSSR count). The fourth-order valence-electron chi connectivity index (χ4n) is 2.81. The number of esters is 1. The van der Waals surface area contributed by atoms with Gasteiger partial charge in [-0.1, -0.05) is 42.3 Å². The molecule has 6 nitrogen and oxygen atoms in total. The summed E-state index contributed by atoms with van der Waals surface area (Å²) >= 11 is 12.0. The minimum absolute atomic E-state index is 0.167. The van der Waals surface area contributed by atoms with E-state index in [0.29, 0.717) is 39.2 Å². The molecule has 0 aliphatic carbocycles. The first-order valence-corrected chi connectivity index (χ1v) is 11.1. The molecule has 0 aliphatic rings. The minimum atomic E-state index is -0.809. The van der Waals surface area contributed by atoms with E-state index in [4.69, 9.17) is 32.7 Å². The van der Waals surface area contributed by atoms with Crippen LogP contribution >= 0.6 is 23.2 Å². The maximum absolute atomic E-state index is 12.5. The van der Waals surface area contributed by atoms with Crippen molar-refractivity contribution in [2.75, 3.05) is 11.9 Å². The molecule has 172 valence electrons. The first-order valence-electron chi connectivity index (χ1n) is 10.3. The molecule has 0 fully saturated rings. The molecule has 0 radical (unpaired) electrons. The molecule has 0 unspecified atom stereocenters. The van der Waals surface area contributed by atoms with Crippen molar-refractivity contribution >= 4 is 46.8 Å². The second-order valence-electron chi connectivity index (χ2n) is 7.08. The third kappa shape index (κ3) is 6.85. The van der Waals surface area contributed by atoms with Gasteiger partial charge in [-0.15, -0.1) is 0 Å². The quantitative estimate of drug-likeness (QED) is 0.166. The molecule has 0 aromatic heterocycles. The van der Waals surface area contributed by atoms with E-state index in [-0.39, 0.29) is 11.3 Å². The van der Waals surface area contributed by atoms with Gasteiger partial charge < -0.3 is 14.8 Å². The monoisotopic (exact) mass is 494 g/mol. The van der Waals surface area contributed by atoms with E-state index in [1.54, 1.807) is 42.5 Å². The lowest BCUT2D eigenvalue weighted by Crippen LogP contribution is -2.13. The molecule has 0 saturated carbocycles. The predicted molar refractivity (Wildman–Crippen MR) is 132 cm³/mol. The van der Waals surface area contributed by atoms with Crippen molar-refractivity contribution in [3.63, 3.8) is 0 Å². The van der Waals surface area contributed by atoms with Crippen LogP contribution in [0.15, 0.2) is 72.3 Å². The van der Waals surface area contributed by atoms with E-state index < -0.39 is 11.9 Å². The molecular formula is C26H20Cl2N2O4. The summed E-state index contributed by atoms with van der Waals surface area (Å²) in [6.07, 6.45) is 2.33. The van der Waals surface area contributed by atoms with Crippen LogP contribution in [0.3, 0.4) is 0 Å². The number of anilines is 1. The maximum Gasteiger partial charge on any atom is 0.354 e. The summed E-state index contributed by atoms with van der Waals surface area (Å²) in [5.74, 6) is -0.323. The molecule has 3 aromatic rings. The van der Waals surface area contributed by atoms with E-state index in [1.807, 2.05) is 13.0 Å². The van der Waals surface area contributed by atoms with Crippen molar-refractivity contribution in [1.29, 1.82) is 5.26 Å². The predicted octanol–water partition coefficient (Wildman–Crippen LogP) is 6.55. The van der Waals surface area contributed by atoms with Gasteiger partial charge in [-0.25, -0.2) is 4.79 Å². The Kier molecular flexibility index (Phi) is 8.69. The van der Waals surface area contributed by atoms with Gasteiger partial charge in [-0.2, -0.15) is 5.26 Å². The fourth-order valence-corrected chi connectivity index (χ4v) is 3.14. The summed E-state index contributed by atoms with van der Waals surface area (Å²) in [6, 6.07) is 19.5. The largest absolute Gasteiger partial charge is 0.494 e. The van der Waals surface area contributed by atoms with Crippen molar-refractivity contribution < 1.29 is 19.1 Å². The smallest absolute Gasteiger partial charge is 0.354 e. The summed E-state index contributed by atoms with van der Waals surface area (Å²) in [5.41, 5.74) is 1.18. The zero-order chi connectivity index (χ0) is 24.5. The van der Waals surface area contributed by atoms with Crippen molar-refractivity contribution in [3.05, 3.63) is 93.5 Å². The van der Waals surface area contributed by atoms with Gasteiger partial charge in [-0.05, 0) is 72.7 Å². The van der Waals surface area contributed by atoms with Crippen LogP contribution in [0.25, 0.3) is 6.08 Å². The molecule has 3 aromatic carbocycles. The van der Waals surface area contributed by atoms with Crippen LogP contribution in [-0.2, 0) is 4.79 Å². The highest BCUT2D eigenvalue weighted by Crippen LogP contribution is 2.26. The molecule has 0 saturated heterocycles. The Bertz CT molecular complexity index is 1250. The van der Waals surface area contributed by atoms with E-state index >= 15 is 0 Å². The summed E-state index contributed by atoms with van der Waals surface area (Å²) in [7, 11) is 0. The number of carbonyl (C=O) groups excluding carboxylic acids is 2. The number of halogens is 2. The second-order valence-corrected chi connectivity index (χ2v) is 7.92. The lowest BCUT2D eigenvalue weighted by Gasteiger charge is -2.09. The number of hydrogen-bond donors (Lipinski definition) is 1. The number of nitrogens with zero attached hydrogens (tertiary/aromatic N) is 1. The number of hydrogen-bond acceptors (Lipinski definition) is 5. The van der Waals surface area contributed by atoms with Crippen LogP contribution in [0.4, 0.5) is 5.69 Å². The number of amides is 1. The SMILES string of the molecule is CCCOc1ccc(/C=C(\C#N)C(=O)Oc2ccc(C(=O)Nc3cc(Cl)ccc3Cl)cc2)cc1. The van der Waals surface area contributed by atoms with Gasteiger partial charge >= 0.3 is 5.97 Å². The topological polar surface area (TPSA) is 88.4 Å². The number of nitriles is 1. The number of nitrogens with one attached hydrogen (secondary N) is 1. The average Bonchev–Trinajstić information content (AvgIpc) is 2.84. The first-order chi connectivity index (χ1) is 16.4. The van der Waals surface area contributed by atoms with Gasteiger partial charge in [0.05, 0.1) is 17.3 Å². The molecule has 1 amide bonds. The molecular weight excluding hydrogens is 475 g/mol. The molecule has 1 N–H and O–H groups in total. The van der Waals surface area contributed by atoms with E-state index in [1.165, 1.54) is 30.3 Å². The number of carbonyl (C=O) groups is 2. The van der Waals surface area contributed by atoms with Crippen LogP contribution in [0.1, 0.15) is 29.3 Å². The van der Waals surface area contributed by atoms with E-state index in [9.17, 15) is 14.9 Å². The molecule has 0 aliphatic heterocycles. The third-order valence-corrected chi connectivity index (χ3v) is 5.07. The molecule has 34 heavy (non-hydrogen) atoms. The van der Waals surface area contributed by atoms with Crippen LogP contribution < -0.4 is 14.8 Å². The van der Waals surface area contributed by atoms with Crippen LogP contribution in [0.2, 0.25) is 10.0 Å². The Morgan fingerprint density at radius 1 is 1.00 bits per heavy atom. The van der Waals surface area contributed by atoms with Gasteiger partial charge in [0.25, 0.3) is 5.91 Å². The van der Waals surface area contributed by atoms with E-state index in [2.05, 4.69) is 5.32 Å². The second kappa shape index (κ2) is 11.9. The number of ether oxygens (including phenoxy) is 2. The summed E-state index contributed by atoms with van der Waals surface area (Å²) in [4.78, 5) is 24.9. The molecule has 0 heterocycles. The van der Waals surface area contributed by atoms with Crippen molar-refractivity contribution in [2.24, 2.45) is 0 Å². The summed E-state index contributed by atoms with van der Waals surface area (Å²) in [6.45, 7) is 2.63. The molecule has 0 spiro atoms. The van der Waals surface area contributed by atoms with Crippen molar-refractivity contribution in [2.45, 2.75) is 13.3 Å². The highest BCUT2D eigenvalue weighted by molar-refractivity contribution is 6.35. The van der Waals surface area contributed by atoms with E-state index in [0.717, 1.165) is 6.42 Å². The van der Waals surface area contributed by atoms with Crippen LogP contribution in [0.5, 0.6) is 11.5 Å². The maximum atomic E-state index is 12.5.